The Bertz CT molecular complexity index is 1030. The Morgan fingerprint density at radius 1 is 1.12 bits per heavy atom. The summed E-state index contributed by atoms with van der Waals surface area (Å²) in [7, 11) is 1.57. The molecule has 2 aromatic rings. The molecule has 0 spiro atoms. The van der Waals surface area contributed by atoms with Crippen LogP contribution in [0, 0.1) is 6.92 Å². The third kappa shape index (κ3) is 4.74. The van der Waals surface area contributed by atoms with Gasteiger partial charge >= 0.3 is 0 Å². The summed E-state index contributed by atoms with van der Waals surface area (Å²) in [5.41, 5.74) is 1.92. The van der Waals surface area contributed by atoms with Gasteiger partial charge in [-0.25, -0.2) is 0 Å². The van der Waals surface area contributed by atoms with Gasteiger partial charge in [-0.1, -0.05) is 39.9 Å². The molecule has 3 rings (SSSR count). The van der Waals surface area contributed by atoms with Crippen LogP contribution < -0.4 is 14.7 Å². The molecule has 1 atom stereocenters. The zero-order valence-electron chi connectivity index (χ0n) is 18.9. The first-order valence-corrected chi connectivity index (χ1v) is 11.6. The topological polar surface area (TPSA) is 74.1 Å². The van der Waals surface area contributed by atoms with Crippen molar-refractivity contribution < 1.29 is 24.3 Å². The minimum atomic E-state index is -0.717. The number of methoxy groups -OCH3 is 1. The number of likely N-dealkylation sites (tertiary alicyclic amines) is 1. The van der Waals surface area contributed by atoms with Crippen LogP contribution >= 0.6 is 15.9 Å². The molecule has 1 aliphatic heterocycles. The summed E-state index contributed by atoms with van der Waals surface area (Å²) in [6, 6.07) is 11.8. The fourth-order valence-corrected chi connectivity index (χ4v) is 4.41. The molecule has 7 heteroatoms. The van der Waals surface area contributed by atoms with E-state index in [4.69, 9.17) is 4.74 Å². The molecule has 6 nitrogen and oxygen atoms in total. The SMILES string of the molecule is CC[NH+](CC)CCN1C(=O)C(=O)C(=C([O-])c2ccc(OC)c(C)c2)C1c1ccc(Br)cc1. The van der Waals surface area contributed by atoms with Gasteiger partial charge in [-0.2, -0.15) is 0 Å². The molecule has 1 N–H and O–H groups in total. The Balaban J connectivity index is 2.10. The first kappa shape index (κ1) is 24.0. The molecule has 170 valence electrons. The molecular formula is C25H29BrN2O4. The summed E-state index contributed by atoms with van der Waals surface area (Å²) >= 11 is 3.43. The summed E-state index contributed by atoms with van der Waals surface area (Å²) in [6.07, 6.45) is 0. The average molecular weight is 501 g/mol. The molecule has 1 unspecified atom stereocenters. The number of carbonyl (C=O) groups excluding carboxylic acids is 2. The monoisotopic (exact) mass is 500 g/mol. The second-order valence-corrected chi connectivity index (χ2v) is 8.83. The van der Waals surface area contributed by atoms with Gasteiger partial charge in [0.15, 0.2) is 0 Å². The molecule has 0 bridgehead atoms. The number of nitrogens with zero attached hydrogens (tertiary/aromatic N) is 1. The molecule has 1 saturated heterocycles. The fourth-order valence-electron chi connectivity index (χ4n) is 4.15. The lowest BCUT2D eigenvalue weighted by atomic mass is 9.95. The van der Waals surface area contributed by atoms with Gasteiger partial charge in [-0.15, -0.1) is 0 Å². The number of nitrogens with one attached hydrogen (secondary N) is 1. The normalized spacial score (nSPS) is 17.9. The standard InChI is InChI=1S/C25H29BrN2O4/c1-5-27(6-2)13-14-28-22(17-7-10-19(26)11-8-17)21(24(30)25(28)31)23(29)18-9-12-20(32-4)16(3)15-18/h7-12,15,22,29H,5-6,13-14H2,1-4H3. The zero-order valence-corrected chi connectivity index (χ0v) is 20.5. The number of likely N-dealkylation sites (N-methyl/N-ethyl adjacent to an activating group) is 1. The number of hydrogen-bond acceptors (Lipinski definition) is 4. The van der Waals surface area contributed by atoms with Crippen LogP contribution in [0.25, 0.3) is 5.76 Å². The number of ketones is 1. The molecule has 1 fully saturated rings. The maximum atomic E-state index is 13.5. The smallest absolute Gasteiger partial charge is 0.295 e. The summed E-state index contributed by atoms with van der Waals surface area (Å²) in [5.74, 6) is -1.09. The fraction of sp³-hybridized carbons (Fsp3) is 0.360. The van der Waals surface area contributed by atoms with Crippen LogP contribution in [0.1, 0.15) is 36.6 Å². The molecule has 1 aliphatic rings. The van der Waals surface area contributed by atoms with Crippen molar-refractivity contribution in [3.63, 3.8) is 0 Å². The highest BCUT2D eigenvalue weighted by Crippen LogP contribution is 2.39. The van der Waals surface area contributed by atoms with Crippen molar-refractivity contribution in [1.29, 1.82) is 0 Å². The van der Waals surface area contributed by atoms with E-state index in [2.05, 4.69) is 29.8 Å². The number of ether oxygens (including phenoxy) is 1. The van der Waals surface area contributed by atoms with E-state index in [0.29, 0.717) is 24.4 Å². The molecule has 0 aromatic heterocycles. The van der Waals surface area contributed by atoms with Crippen LogP contribution in [-0.4, -0.2) is 49.9 Å². The third-order valence-corrected chi connectivity index (χ3v) is 6.61. The number of carbonyl (C=O) groups is 2. The summed E-state index contributed by atoms with van der Waals surface area (Å²) < 4.78 is 6.17. The molecule has 1 amide bonds. The van der Waals surface area contributed by atoms with Crippen LogP contribution in [-0.2, 0) is 9.59 Å². The van der Waals surface area contributed by atoms with E-state index in [1.807, 2.05) is 31.2 Å². The quantitative estimate of drug-likeness (QED) is 0.341. The van der Waals surface area contributed by atoms with Crippen molar-refractivity contribution in [2.75, 3.05) is 33.3 Å². The first-order valence-electron chi connectivity index (χ1n) is 10.8. The number of quaternary nitrogens is 1. The minimum Gasteiger partial charge on any atom is -0.872 e. The van der Waals surface area contributed by atoms with Crippen LogP contribution in [0.3, 0.4) is 0 Å². The number of Topliss-reactive ketones (excluding diaryl/α,β-unsaturated/α-hetero) is 1. The van der Waals surface area contributed by atoms with Gasteiger partial charge in [-0.05, 0) is 61.7 Å². The lowest BCUT2D eigenvalue weighted by Gasteiger charge is -2.28. The highest BCUT2D eigenvalue weighted by atomic mass is 79.9. The second kappa shape index (κ2) is 10.3. The first-order chi connectivity index (χ1) is 15.3. The van der Waals surface area contributed by atoms with E-state index in [1.165, 1.54) is 4.90 Å². The van der Waals surface area contributed by atoms with Gasteiger partial charge in [0.1, 0.15) is 5.75 Å². The molecule has 2 aromatic carbocycles. The van der Waals surface area contributed by atoms with Crippen LogP contribution in [0.15, 0.2) is 52.5 Å². The molecule has 0 saturated carbocycles. The highest BCUT2D eigenvalue weighted by molar-refractivity contribution is 9.10. The van der Waals surface area contributed by atoms with Crippen molar-refractivity contribution >= 4 is 33.4 Å². The molecule has 0 radical (unpaired) electrons. The number of hydrogen-bond donors (Lipinski definition) is 1. The van der Waals surface area contributed by atoms with Crippen molar-refractivity contribution in [2.45, 2.75) is 26.8 Å². The summed E-state index contributed by atoms with van der Waals surface area (Å²) in [5, 5.41) is 13.5. The van der Waals surface area contributed by atoms with Crippen LogP contribution in [0.5, 0.6) is 5.75 Å². The van der Waals surface area contributed by atoms with E-state index < -0.39 is 23.5 Å². The lowest BCUT2D eigenvalue weighted by molar-refractivity contribution is -0.895. The minimum absolute atomic E-state index is 0.0106. The average Bonchev–Trinajstić information content (AvgIpc) is 3.04. The predicted octanol–water partition coefficient (Wildman–Crippen LogP) is 1.91. The molecule has 0 aliphatic carbocycles. The van der Waals surface area contributed by atoms with Crippen LogP contribution in [0.4, 0.5) is 0 Å². The van der Waals surface area contributed by atoms with E-state index >= 15 is 0 Å². The Labute approximate surface area is 197 Å². The molecule has 32 heavy (non-hydrogen) atoms. The largest absolute Gasteiger partial charge is 0.872 e. The van der Waals surface area contributed by atoms with Gasteiger partial charge in [0.05, 0.1) is 39.3 Å². The number of amides is 1. The Hall–Kier alpha value is -2.64. The number of benzene rings is 2. The molecular weight excluding hydrogens is 472 g/mol. The van der Waals surface area contributed by atoms with Crippen molar-refractivity contribution in [2.24, 2.45) is 0 Å². The maximum Gasteiger partial charge on any atom is 0.295 e. The van der Waals surface area contributed by atoms with Gasteiger partial charge in [0.25, 0.3) is 5.91 Å². The zero-order chi connectivity index (χ0) is 23.4. The van der Waals surface area contributed by atoms with Crippen molar-refractivity contribution in [3.8, 4) is 5.75 Å². The summed E-state index contributed by atoms with van der Waals surface area (Å²) in [4.78, 5) is 29.0. The summed E-state index contributed by atoms with van der Waals surface area (Å²) in [6.45, 7) is 8.99. The Morgan fingerprint density at radius 3 is 2.34 bits per heavy atom. The molecule has 1 heterocycles. The van der Waals surface area contributed by atoms with Gasteiger partial charge in [0, 0.05) is 10.0 Å². The Kier molecular flexibility index (Phi) is 7.74. The van der Waals surface area contributed by atoms with Gasteiger partial charge in [-0.3, -0.25) is 9.59 Å². The third-order valence-electron chi connectivity index (χ3n) is 6.08. The van der Waals surface area contributed by atoms with Crippen molar-refractivity contribution in [3.05, 3.63) is 69.2 Å². The van der Waals surface area contributed by atoms with Gasteiger partial charge < -0.3 is 19.6 Å². The Morgan fingerprint density at radius 2 is 1.78 bits per heavy atom. The second-order valence-electron chi connectivity index (χ2n) is 7.92. The number of rotatable bonds is 8. The maximum absolute atomic E-state index is 13.5. The van der Waals surface area contributed by atoms with E-state index in [0.717, 1.165) is 28.7 Å². The van der Waals surface area contributed by atoms with Gasteiger partial charge in [0.2, 0.25) is 5.78 Å². The van der Waals surface area contributed by atoms with E-state index in [-0.39, 0.29) is 5.57 Å². The lowest BCUT2D eigenvalue weighted by Crippen LogP contribution is -3.12. The predicted molar refractivity (Wildman–Crippen MR) is 125 cm³/mol. The van der Waals surface area contributed by atoms with E-state index in [9.17, 15) is 14.7 Å². The highest BCUT2D eigenvalue weighted by Gasteiger charge is 2.44. The number of halogens is 1. The van der Waals surface area contributed by atoms with Crippen LogP contribution in [0.2, 0.25) is 0 Å². The van der Waals surface area contributed by atoms with Crippen molar-refractivity contribution in [1.82, 2.24) is 4.90 Å². The number of aryl methyl sites for hydroxylation is 1. The van der Waals surface area contributed by atoms with E-state index in [1.54, 1.807) is 30.2 Å².